The van der Waals surface area contributed by atoms with E-state index in [1.54, 1.807) is 29.7 Å². The number of thiazole rings is 1. The van der Waals surface area contributed by atoms with Crippen LogP contribution in [-0.4, -0.2) is 30.5 Å². The van der Waals surface area contributed by atoms with E-state index in [1.165, 1.54) is 17.7 Å². The van der Waals surface area contributed by atoms with Gasteiger partial charge in [-0.25, -0.2) is 4.98 Å². The van der Waals surface area contributed by atoms with E-state index in [4.69, 9.17) is 9.15 Å². The normalized spacial score (nSPS) is 15.3. The van der Waals surface area contributed by atoms with E-state index in [2.05, 4.69) is 10.3 Å². The van der Waals surface area contributed by atoms with Crippen molar-refractivity contribution in [2.45, 2.75) is 32.4 Å². The lowest BCUT2D eigenvalue weighted by Gasteiger charge is -2.23. The molecule has 29 heavy (non-hydrogen) atoms. The summed E-state index contributed by atoms with van der Waals surface area (Å²) in [7, 11) is 0. The van der Waals surface area contributed by atoms with Crippen LogP contribution < -0.4 is 15.0 Å². The number of hydrogen-bond acceptors (Lipinski definition) is 5. The lowest BCUT2D eigenvalue weighted by atomic mass is 10.1. The predicted molar refractivity (Wildman–Crippen MR) is 111 cm³/mol. The van der Waals surface area contributed by atoms with Gasteiger partial charge in [-0.15, -0.1) is 11.3 Å². The maximum Gasteiger partial charge on any atom is 0.251 e. The molecule has 0 saturated carbocycles. The minimum Gasteiger partial charge on any atom is -0.487 e. The van der Waals surface area contributed by atoms with Crippen molar-refractivity contribution in [1.29, 1.82) is 0 Å². The molecule has 2 aromatic heterocycles. The molecule has 3 heterocycles. The summed E-state index contributed by atoms with van der Waals surface area (Å²) in [4.78, 5) is 18.5. The minimum absolute atomic E-state index is 0.0816. The molecule has 152 valence electrons. The second kappa shape index (κ2) is 9.24. The van der Waals surface area contributed by atoms with Gasteiger partial charge in [0.15, 0.2) is 11.8 Å². The summed E-state index contributed by atoms with van der Waals surface area (Å²) in [6, 6.07) is 11.3. The number of benzene rings is 1. The van der Waals surface area contributed by atoms with Crippen LogP contribution in [0.25, 0.3) is 0 Å². The Kier molecular flexibility index (Phi) is 6.27. The van der Waals surface area contributed by atoms with Gasteiger partial charge in [0.1, 0.15) is 12.4 Å². The largest absolute Gasteiger partial charge is 0.487 e. The molecule has 1 fully saturated rings. The second-order valence-corrected chi connectivity index (χ2v) is 8.38. The summed E-state index contributed by atoms with van der Waals surface area (Å²) in [6.07, 6.45) is 4.15. The molecule has 1 aliphatic rings. The first-order chi connectivity index (χ1) is 14.2. The molecule has 4 rings (SSSR count). The molecular formula is C22H26N3O3S+. The van der Waals surface area contributed by atoms with E-state index in [0.717, 1.165) is 35.3 Å². The Bertz CT molecular complexity index is 915. The number of aryl methyl sites for hydroxylation is 1. The van der Waals surface area contributed by atoms with E-state index < -0.39 is 0 Å². The first kappa shape index (κ1) is 19.7. The van der Waals surface area contributed by atoms with Gasteiger partial charge in [0.2, 0.25) is 0 Å². The molecule has 1 aromatic carbocycles. The first-order valence-electron chi connectivity index (χ1n) is 9.99. The number of likely N-dealkylation sites (tertiary alicyclic amines) is 1. The Labute approximate surface area is 174 Å². The van der Waals surface area contributed by atoms with Crippen molar-refractivity contribution in [3.05, 3.63) is 70.1 Å². The number of hydrogen-bond donors (Lipinski definition) is 2. The molecule has 6 nitrogen and oxygen atoms in total. The average Bonchev–Trinajstić information content (AvgIpc) is 3.50. The molecule has 0 aliphatic carbocycles. The molecule has 0 radical (unpaired) electrons. The molecule has 2 N–H and O–H groups in total. The molecular weight excluding hydrogens is 386 g/mol. The number of quaternary nitrogens is 1. The van der Waals surface area contributed by atoms with Crippen LogP contribution in [0.4, 0.5) is 0 Å². The van der Waals surface area contributed by atoms with E-state index in [9.17, 15) is 4.79 Å². The van der Waals surface area contributed by atoms with Crippen LogP contribution in [0.1, 0.15) is 45.7 Å². The number of carbonyl (C=O) groups is 1. The smallest absolute Gasteiger partial charge is 0.251 e. The van der Waals surface area contributed by atoms with Crippen molar-refractivity contribution in [1.82, 2.24) is 10.3 Å². The number of carbonyl (C=O) groups excluding carboxylic acids is 1. The molecule has 1 saturated heterocycles. The van der Waals surface area contributed by atoms with E-state index in [1.807, 2.05) is 36.6 Å². The number of nitrogens with one attached hydrogen (secondary N) is 2. The van der Waals surface area contributed by atoms with Crippen LogP contribution in [0.5, 0.6) is 5.75 Å². The van der Waals surface area contributed by atoms with Crippen LogP contribution in [0.15, 0.2) is 52.5 Å². The van der Waals surface area contributed by atoms with Crippen molar-refractivity contribution in [3.63, 3.8) is 0 Å². The van der Waals surface area contributed by atoms with Crippen molar-refractivity contribution in [2.75, 3.05) is 19.6 Å². The number of rotatable bonds is 8. The number of furan rings is 1. The summed E-state index contributed by atoms with van der Waals surface area (Å²) >= 11 is 1.61. The van der Waals surface area contributed by atoms with Crippen molar-refractivity contribution >= 4 is 17.2 Å². The summed E-state index contributed by atoms with van der Waals surface area (Å²) in [5, 5.41) is 6.10. The third-order valence-electron chi connectivity index (χ3n) is 5.26. The van der Waals surface area contributed by atoms with Gasteiger partial charge in [-0.3, -0.25) is 4.79 Å². The molecule has 1 aliphatic heterocycles. The maximum atomic E-state index is 12.6. The highest BCUT2D eigenvalue weighted by molar-refractivity contribution is 7.09. The van der Waals surface area contributed by atoms with Gasteiger partial charge in [0.05, 0.1) is 36.6 Å². The quantitative estimate of drug-likeness (QED) is 0.597. The molecule has 0 unspecified atom stereocenters. The summed E-state index contributed by atoms with van der Waals surface area (Å²) in [5.74, 6) is 1.58. The third-order valence-corrected chi connectivity index (χ3v) is 6.08. The van der Waals surface area contributed by atoms with Gasteiger partial charge < -0.3 is 19.4 Å². The number of nitrogens with zero attached hydrogens (tertiary/aromatic N) is 1. The second-order valence-electron chi connectivity index (χ2n) is 7.31. The summed E-state index contributed by atoms with van der Waals surface area (Å²) < 4.78 is 11.4. The standard InChI is InChI=1S/C22H25N3O3S/c1-16-24-18(15-29-16)14-28-19-8-6-17(7-9-19)22(26)23-13-20(21-5-4-12-27-21)25-10-2-3-11-25/h4-9,12,15,20H,2-3,10-11,13-14H2,1H3,(H,23,26)/p+1/t20-/m1/s1. The van der Waals surface area contributed by atoms with Gasteiger partial charge >= 0.3 is 0 Å². The van der Waals surface area contributed by atoms with Crippen LogP contribution in [-0.2, 0) is 6.61 Å². The van der Waals surface area contributed by atoms with Gasteiger partial charge in [-0.05, 0) is 43.3 Å². The predicted octanol–water partition coefficient (Wildman–Crippen LogP) is 2.77. The Balaban J connectivity index is 1.32. The Morgan fingerprint density at radius 2 is 2.07 bits per heavy atom. The Morgan fingerprint density at radius 3 is 2.72 bits per heavy atom. The van der Waals surface area contributed by atoms with Crippen molar-refractivity contribution < 1.29 is 18.8 Å². The van der Waals surface area contributed by atoms with Gasteiger partial charge in [0.25, 0.3) is 5.91 Å². The first-order valence-corrected chi connectivity index (χ1v) is 10.9. The molecule has 7 heteroatoms. The zero-order valence-corrected chi connectivity index (χ0v) is 17.3. The fourth-order valence-corrected chi connectivity index (χ4v) is 4.34. The van der Waals surface area contributed by atoms with Crippen molar-refractivity contribution in [3.8, 4) is 5.75 Å². The highest BCUT2D eigenvalue weighted by atomic mass is 32.1. The highest BCUT2D eigenvalue weighted by Gasteiger charge is 2.29. The SMILES string of the molecule is Cc1nc(COc2ccc(C(=O)NC[C@H](c3ccco3)[NH+]3CCCC3)cc2)cs1. The topological polar surface area (TPSA) is 68.8 Å². The molecule has 1 atom stereocenters. The summed E-state index contributed by atoms with van der Waals surface area (Å²) in [6.45, 7) is 5.20. The average molecular weight is 413 g/mol. The molecule has 0 spiro atoms. The van der Waals surface area contributed by atoms with Crippen LogP contribution in [0.3, 0.4) is 0 Å². The minimum atomic E-state index is -0.0816. The fraction of sp³-hybridized carbons (Fsp3) is 0.364. The van der Waals surface area contributed by atoms with Gasteiger partial charge in [-0.2, -0.15) is 0 Å². The highest BCUT2D eigenvalue weighted by Crippen LogP contribution is 2.16. The van der Waals surface area contributed by atoms with Crippen LogP contribution in [0.2, 0.25) is 0 Å². The fourth-order valence-electron chi connectivity index (χ4n) is 3.74. The molecule has 3 aromatic rings. The zero-order valence-electron chi connectivity index (χ0n) is 16.5. The third kappa shape index (κ3) is 5.05. The monoisotopic (exact) mass is 412 g/mol. The van der Waals surface area contributed by atoms with Crippen molar-refractivity contribution in [2.24, 2.45) is 0 Å². The van der Waals surface area contributed by atoms with Gasteiger partial charge in [-0.1, -0.05) is 0 Å². The van der Waals surface area contributed by atoms with Gasteiger partial charge in [0, 0.05) is 23.8 Å². The Morgan fingerprint density at radius 1 is 1.28 bits per heavy atom. The van der Waals surface area contributed by atoms with Crippen LogP contribution >= 0.6 is 11.3 Å². The number of amides is 1. The number of ether oxygens (including phenoxy) is 1. The Hall–Kier alpha value is -2.64. The van der Waals surface area contributed by atoms with E-state index in [-0.39, 0.29) is 11.9 Å². The molecule has 0 bridgehead atoms. The maximum absolute atomic E-state index is 12.6. The van der Waals surface area contributed by atoms with E-state index in [0.29, 0.717) is 18.7 Å². The zero-order chi connectivity index (χ0) is 20.1. The lowest BCUT2D eigenvalue weighted by molar-refractivity contribution is -0.919. The molecule has 1 amide bonds. The van der Waals surface area contributed by atoms with Crippen LogP contribution in [0, 0.1) is 6.92 Å². The number of aromatic nitrogens is 1. The lowest BCUT2D eigenvalue weighted by Crippen LogP contribution is -3.11. The van der Waals surface area contributed by atoms with E-state index >= 15 is 0 Å². The summed E-state index contributed by atoms with van der Waals surface area (Å²) in [5.41, 5.74) is 1.54.